The topological polar surface area (TPSA) is 65.1 Å². The fourth-order valence-corrected chi connectivity index (χ4v) is 13.3. The van der Waals surface area contributed by atoms with Crippen LogP contribution in [0.5, 0.6) is 11.5 Å². The van der Waals surface area contributed by atoms with Crippen molar-refractivity contribution in [2.75, 3.05) is 0 Å². The van der Waals surface area contributed by atoms with E-state index in [9.17, 15) is 5.26 Å². The molecule has 15 rings (SSSR count). The van der Waals surface area contributed by atoms with Crippen LogP contribution in [0.25, 0.3) is 122 Å². The second kappa shape index (κ2) is 18.2. The van der Waals surface area contributed by atoms with E-state index in [0.717, 1.165) is 119 Å². The Morgan fingerprint density at radius 1 is 0.487 bits per heavy atom. The Morgan fingerprint density at radius 3 is 1.79 bits per heavy atom. The van der Waals surface area contributed by atoms with E-state index in [-0.39, 0.29) is 11.0 Å². The van der Waals surface area contributed by atoms with Gasteiger partial charge in [-0.05, 0) is 47.2 Å². The quantitative estimate of drug-likeness (QED) is 0.152. The zero-order valence-electron chi connectivity index (χ0n) is 46.8. The van der Waals surface area contributed by atoms with Gasteiger partial charge >= 0.3 is 294 Å². The van der Waals surface area contributed by atoms with Crippen molar-refractivity contribution in [3.8, 4) is 68.1 Å². The van der Waals surface area contributed by atoms with Crippen molar-refractivity contribution >= 4 is 70.9 Å². The Morgan fingerprint density at radius 2 is 1.09 bits per heavy atom. The number of imidazole rings is 1. The number of pyridine rings is 1. The molecule has 0 amide bonds. The molecule has 0 radical (unpaired) electrons. The first kappa shape index (κ1) is 44.4. The third-order valence-electron chi connectivity index (χ3n) is 15.9. The molecular weight excluding hydrogens is 1160 g/mol. The molecule has 0 aliphatic carbocycles. The van der Waals surface area contributed by atoms with Crippen molar-refractivity contribution in [3.63, 3.8) is 0 Å². The van der Waals surface area contributed by atoms with Gasteiger partial charge in [-0.3, -0.25) is 0 Å². The van der Waals surface area contributed by atoms with Crippen LogP contribution in [0.2, 0.25) is 0 Å². The molecule has 80 heavy (non-hydrogen) atoms. The summed E-state index contributed by atoms with van der Waals surface area (Å²) in [7, 11) is 0. The number of para-hydroxylation sites is 4. The van der Waals surface area contributed by atoms with Crippen LogP contribution in [0.1, 0.15) is 41.6 Å². The van der Waals surface area contributed by atoms with Crippen LogP contribution >= 0.6 is 0 Å². The number of nitriles is 1. The SMILES string of the molecule is [2H]C([2H])([2H])c1cc(-n2c3cc(Oc4cccc(-n5[c](=[Pt])n(-c6c(-c7ccccc7)cccc6-c6ccccc6)c6ccccc65)c4)ccc3c3cc4c5cc(C#N)cc6c7ccccc7n(c4cc32)c65)ncc1-c1ccc(C(C)(C)C)cc1. The van der Waals surface area contributed by atoms with Gasteiger partial charge in [0, 0.05) is 37.4 Å². The number of ether oxygens (including phenoxy) is 1. The standard InChI is InChI=1S/C72H50N6O.Pt/c1-45-35-69(74-43-62(45)49-29-31-50(32-30-49)72(2,3)4)77-66-39-53(33-34-57(66)58-40-59-61-37-46(42-73)36-60-56-23-11-12-26-63(56)78(71(60)61)68(59)41-67(58)77)79-52-22-15-21-51(38-52)75-44-76(65-28-14-13-27-64(65)75)70-54(47-17-7-5-8-18-47)24-16-25-55(70)48-19-9-6-10-20-48;/h5-41,43H,1-4H3;/i1D3;. The number of hydrogen-bond donors (Lipinski definition) is 0. The molecule has 0 atom stereocenters. The maximum atomic E-state index is 10.3. The van der Waals surface area contributed by atoms with Crippen LogP contribution in [0, 0.1) is 22.0 Å². The Hall–Kier alpha value is -9.60. The van der Waals surface area contributed by atoms with Gasteiger partial charge in [0.05, 0.1) is 28.2 Å². The fourth-order valence-electron chi connectivity index (χ4n) is 12.2. The second-order valence-corrected chi connectivity index (χ2v) is 22.7. The van der Waals surface area contributed by atoms with Crippen LogP contribution in [0.4, 0.5) is 0 Å². The number of benzene rings is 10. The molecular formula is C72H50N6OPt. The molecule has 0 aliphatic rings. The van der Waals surface area contributed by atoms with Gasteiger partial charge in [-0.2, -0.15) is 5.26 Å². The van der Waals surface area contributed by atoms with E-state index in [1.165, 1.54) is 0 Å². The summed E-state index contributed by atoms with van der Waals surface area (Å²) in [6.07, 6.45) is 1.71. The summed E-state index contributed by atoms with van der Waals surface area (Å²) in [4.78, 5) is 5.16. The molecule has 7 nitrogen and oxygen atoms in total. The summed E-state index contributed by atoms with van der Waals surface area (Å²) >= 11 is 2.47. The first-order chi connectivity index (χ1) is 40.3. The van der Waals surface area contributed by atoms with Crippen molar-refractivity contribution < 1.29 is 28.2 Å². The van der Waals surface area contributed by atoms with Crippen LogP contribution < -0.4 is 4.74 Å². The van der Waals surface area contributed by atoms with Crippen LogP contribution in [0.3, 0.4) is 0 Å². The van der Waals surface area contributed by atoms with Gasteiger partial charge in [-0.25, -0.2) is 0 Å². The number of rotatable bonds is 8. The average molecular weight is 1210 g/mol. The molecule has 0 N–H and O–H groups in total. The van der Waals surface area contributed by atoms with E-state index in [1.54, 1.807) is 12.3 Å². The zero-order valence-corrected chi connectivity index (χ0v) is 46.1. The van der Waals surface area contributed by atoms with Crippen molar-refractivity contribution in [1.29, 1.82) is 5.26 Å². The summed E-state index contributed by atoms with van der Waals surface area (Å²) in [5.74, 6) is 1.69. The van der Waals surface area contributed by atoms with Crippen molar-refractivity contribution in [3.05, 3.63) is 251 Å². The summed E-state index contributed by atoms with van der Waals surface area (Å²) in [5.41, 5.74) is 16.5. The monoisotopic (exact) mass is 1210 g/mol. The van der Waals surface area contributed by atoms with E-state index in [2.05, 4.69) is 222 Å². The average Bonchev–Trinajstić information content (AvgIpc) is 1.94. The first-order valence-corrected chi connectivity index (χ1v) is 27.9. The smallest absolute Gasteiger partial charge is 0.0579 e. The maximum absolute atomic E-state index is 10.3. The molecule has 5 aromatic heterocycles. The van der Waals surface area contributed by atoms with E-state index in [0.29, 0.717) is 28.4 Å². The van der Waals surface area contributed by atoms with Gasteiger partial charge < -0.3 is 4.40 Å². The predicted octanol–water partition coefficient (Wildman–Crippen LogP) is 18.4. The number of fused-ring (bicyclic) bond motifs is 10. The van der Waals surface area contributed by atoms with Crippen LogP contribution in [0.15, 0.2) is 231 Å². The van der Waals surface area contributed by atoms with Gasteiger partial charge in [-0.15, -0.1) is 0 Å². The second-order valence-electron chi connectivity index (χ2n) is 21.6. The fraction of sp³-hybridized carbons (Fsp3) is 0.0694. The molecule has 8 heteroatoms. The van der Waals surface area contributed by atoms with Gasteiger partial charge in [0.2, 0.25) is 0 Å². The zero-order chi connectivity index (χ0) is 56.5. The normalized spacial score (nSPS) is 12.8. The minimum atomic E-state index is -2.47. The molecule has 0 spiro atoms. The third kappa shape index (κ3) is 7.44. The molecule has 0 aliphatic heterocycles. The first-order valence-electron chi connectivity index (χ1n) is 28.2. The Labute approximate surface area is 477 Å². The summed E-state index contributed by atoms with van der Waals surface area (Å²) in [5, 5.41) is 16.3. The minimum absolute atomic E-state index is 0.0723. The number of nitrogens with zero attached hydrogens (tertiary/aromatic N) is 6. The number of aromatic nitrogens is 5. The molecule has 5 heterocycles. The van der Waals surface area contributed by atoms with Gasteiger partial charge in [0.25, 0.3) is 0 Å². The molecule has 10 aromatic carbocycles. The van der Waals surface area contributed by atoms with Crippen molar-refractivity contribution in [2.24, 2.45) is 0 Å². The Bertz CT molecular complexity index is 5180. The summed E-state index contributed by atoms with van der Waals surface area (Å²) < 4.78 is 43.9. The summed E-state index contributed by atoms with van der Waals surface area (Å²) in [6.45, 7) is 4.03. The van der Waals surface area contributed by atoms with E-state index >= 15 is 0 Å². The van der Waals surface area contributed by atoms with Crippen molar-refractivity contribution in [2.45, 2.75) is 33.0 Å². The Balaban J connectivity index is 0.912. The number of hydrogen-bond acceptors (Lipinski definition) is 3. The van der Waals surface area contributed by atoms with Gasteiger partial charge in [0.1, 0.15) is 0 Å². The third-order valence-corrected chi connectivity index (χ3v) is 16.9. The molecule has 0 fully saturated rings. The Kier molecular flexibility index (Phi) is 10.1. The van der Waals surface area contributed by atoms with E-state index < -0.39 is 6.85 Å². The van der Waals surface area contributed by atoms with Crippen molar-refractivity contribution in [1.82, 2.24) is 23.1 Å². The molecule has 0 saturated heterocycles. The molecule has 0 unspecified atom stereocenters. The molecule has 384 valence electrons. The molecule has 0 bridgehead atoms. The predicted molar refractivity (Wildman–Crippen MR) is 324 cm³/mol. The molecule has 15 aromatic rings. The van der Waals surface area contributed by atoms with Gasteiger partial charge in [0.15, 0.2) is 0 Å². The van der Waals surface area contributed by atoms with E-state index in [1.807, 2.05) is 60.7 Å². The van der Waals surface area contributed by atoms with Crippen LogP contribution in [-0.2, 0) is 24.8 Å². The number of aryl methyl sites for hydroxylation is 1. The summed E-state index contributed by atoms with van der Waals surface area (Å²) in [6, 6.07) is 79.6. The van der Waals surface area contributed by atoms with E-state index in [4.69, 9.17) is 13.8 Å². The van der Waals surface area contributed by atoms with Crippen LogP contribution in [-0.4, -0.2) is 23.1 Å². The molecule has 0 saturated carbocycles. The minimum Gasteiger partial charge on any atom is -0.0579 e. The van der Waals surface area contributed by atoms with Gasteiger partial charge in [-0.1, -0.05) is 63.2 Å².